The molecule has 5 nitrogen and oxygen atoms in total. The maximum absolute atomic E-state index is 13.3. The predicted octanol–water partition coefficient (Wildman–Crippen LogP) is 7.02. The minimum atomic E-state index is -0.0165. The zero-order chi connectivity index (χ0) is 23.9. The monoisotopic (exact) mass is 496 g/mol. The fraction of sp³-hybridized carbons (Fsp3) is 0.259. The number of hydrogen-bond acceptors (Lipinski definition) is 4. The maximum Gasteiger partial charge on any atom is 0.261 e. The number of hydrogen-bond donors (Lipinski definition) is 0. The Labute approximate surface area is 208 Å². The van der Waals surface area contributed by atoms with Gasteiger partial charge in [0.05, 0.1) is 29.6 Å². The van der Waals surface area contributed by atoms with E-state index in [1.54, 1.807) is 29.9 Å². The van der Waals surface area contributed by atoms with Crippen LogP contribution in [0.2, 0.25) is 10.0 Å². The van der Waals surface area contributed by atoms with Crippen LogP contribution in [0.15, 0.2) is 71.5 Å². The lowest BCUT2D eigenvalue weighted by Gasteiger charge is -2.14. The molecule has 0 amide bonds. The van der Waals surface area contributed by atoms with E-state index in [-0.39, 0.29) is 5.56 Å². The summed E-state index contributed by atoms with van der Waals surface area (Å²) in [6.07, 6.45) is 3.72. The van der Waals surface area contributed by atoms with Crippen LogP contribution < -0.4 is 15.0 Å². The van der Waals surface area contributed by atoms with Crippen molar-refractivity contribution in [2.24, 2.45) is 0 Å². The lowest BCUT2D eigenvalue weighted by atomic mass is 10.1. The maximum atomic E-state index is 13.3. The second-order valence-electron chi connectivity index (χ2n) is 7.98. The summed E-state index contributed by atoms with van der Waals surface area (Å²) < 4.78 is 12.8. The van der Waals surface area contributed by atoms with Crippen molar-refractivity contribution in [3.05, 3.63) is 87.1 Å². The number of benzene rings is 3. The molecule has 1 heterocycles. The van der Waals surface area contributed by atoms with Crippen LogP contribution in [0.1, 0.15) is 25.7 Å². The third kappa shape index (κ3) is 5.72. The van der Waals surface area contributed by atoms with Crippen LogP contribution in [-0.2, 0) is 6.54 Å². The van der Waals surface area contributed by atoms with Crippen LogP contribution in [0, 0.1) is 0 Å². The summed E-state index contributed by atoms with van der Waals surface area (Å²) in [5, 5.41) is 1.74. The highest BCUT2D eigenvalue weighted by molar-refractivity contribution is 6.35. The first-order valence-corrected chi connectivity index (χ1v) is 12.0. The highest BCUT2D eigenvalue weighted by atomic mass is 35.5. The number of rotatable bonds is 10. The van der Waals surface area contributed by atoms with E-state index in [0.717, 1.165) is 37.0 Å². The van der Waals surface area contributed by atoms with Gasteiger partial charge in [0.15, 0.2) is 0 Å². The Morgan fingerprint density at radius 3 is 2.44 bits per heavy atom. The molecule has 176 valence electrons. The molecule has 0 N–H and O–H groups in total. The second kappa shape index (κ2) is 11.4. The second-order valence-corrected chi connectivity index (χ2v) is 8.82. The molecule has 7 heteroatoms. The molecule has 0 fully saturated rings. The summed E-state index contributed by atoms with van der Waals surface area (Å²) in [5.41, 5.74) is 1.57. The third-order valence-electron chi connectivity index (χ3n) is 5.64. The number of halogens is 2. The number of unbranched alkanes of at least 4 members (excludes halogenated alkanes) is 3. The minimum absolute atomic E-state index is 0.0165. The van der Waals surface area contributed by atoms with Gasteiger partial charge in [0.25, 0.3) is 5.56 Å². The number of para-hydroxylation sites is 1. The molecule has 0 atom stereocenters. The Balaban J connectivity index is 1.40. The van der Waals surface area contributed by atoms with Gasteiger partial charge in [0.2, 0.25) is 0 Å². The smallest absolute Gasteiger partial charge is 0.261 e. The van der Waals surface area contributed by atoms with Crippen molar-refractivity contribution in [2.45, 2.75) is 32.2 Å². The lowest BCUT2D eigenvalue weighted by Crippen LogP contribution is -2.23. The number of ether oxygens (including phenoxy) is 2. The van der Waals surface area contributed by atoms with E-state index in [4.69, 9.17) is 37.7 Å². The van der Waals surface area contributed by atoms with Crippen molar-refractivity contribution in [2.75, 3.05) is 13.7 Å². The van der Waals surface area contributed by atoms with Gasteiger partial charge in [-0.3, -0.25) is 9.36 Å². The van der Waals surface area contributed by atoms with E-state index in [1.807, 2.05) is 48.5 Å². The number of aromatic nitrogens is 2. The van der Waals surface area contributed by atoms with Gasteiger partial charge in [-0.25, -0.2) is 4.98 Å². The fourth-order valence-electron chi connectivity index (χ4n) is 3.84. The Morgan fingerprint density at radius 1 is 0.912 bits per heavy atom. The normalized spacial score (nSPS) is 11.0. The van der Waals surface area contributed by atoms with Gasteiger partial charge in [-0.15, -0.1) is 0 Å². The summed E-state index contributed by atoms with van der Waals surface area (Å²) in [6, 6.07) is 20.3. The summed E-state index contributed by atoms with van der Waals surface area (Å²) in [6.45, 7) is 1.18. The van der Waals surface area contributed by atoms with Crippen molar-refractivity contribution in [3.63, 3.8) is 0 Å². The molecule has 1 aromatic heterocycles. The van der Waals surface area contributed by atoms with Gasteiger partial charge in [-0.05, 0) is 67.4 Å². The van der Waals surface area contributed by atoms with E-state index in [2.05, 4.69) is 0 Å². The van der Waals surface area contributed by atoms with E-state index < -0.39 is 0 Å². The quantitative estimate of drug-likeness (QED) is 0.221. The predicted molar refractivity (Wildman–Crippen MR) is 138 cm³/mol. The van der Waals surface area contributed by atoms with E-state index in [0.29, 0.717) is 45.7 Å². The van der Waals surface area contributed by atoms with Gasteiger partial charge in [-0.2, -0.15) is 0 Å². The van der Waals surface area contributed by atoms with Gasteiger partial charge >= 0.3 is 0 Å². The molecule has 3 aromatic carbocycles. The fourth-order valence-corrected chi connectivity index (χ4v) is 4.30. The summed E-state index contributed by atoms with van der Waals surface area (Å²) >= 11 is 12.1. The standard InChI is InChI=1S/C27H26Cl2N2O3/c1-33-21-13-10-19(11-14-21)26-30-24-9-5-4-8-22(24)27(32)31(26)16-6-2-3-7-17-34-25-15-12-20(28)18-23(25)29/h4-5,8-15,18H,2-3,6-7,16-17H2,1H3. The molecule has 0 aliphatic carbocycles. The van der Waals surface area contributed by atoms with Crippen LogP contribution >= 0.6 is 23.2 Å². The van der Waals surface area contributed by atoms with Crippen molar-refractivity contribution >= 4 is 34.1 Å². The topological polar surface area (TPSA) is 53.3 Å². The first-order chi connectivity index (χ1) is 16.6. The first-order valence-electron chi connectivity index (χ1n) is 11.3. The number of nitrogens with zero attached hydrogens (tertiary/aromatic N) is 2. The molecular formula is C27H26Cl2N2O3. The third-order valence-corrected chi connectivity index (χ3v) is 6.17. The molecule has 0 saturated heterocycles. The number of methoxy groups -OCH3 is 1. The van der Waals surface area contributed by atoms with Gasteiger partial charge < -0.3 is 9.47 Å². The average Bonchev–Trinajstić information content (AvgIpc) is 2.85. The van der Waals surface area contributed by atoms with Gasteiger partial charge in [-0.1, -0.05) is 48.2 Å². The zero-order valence-electron chi connectivity index (χ0n) is 19.0. The Morgan fingerprint density at radius 2 is 1.68 bits per heavy atom. The van der Waals surface area contributed by atoms with E-state index in [1.165, 1.54) is 0 Å². The van der Waals surface area contributed by atoms with E-state index >= 15 is 0 Å². The SMILES string of the molecule is COc1ccc(-c2nc3ccccc3c(=O)n2CCCCCCOc2ccc(Cl)cc2Cl)cc1. The molecular weight excluding hydrogens is 471 g/mol. The lowest BCUT2D eigenvalue weighted by molar-refractivity contribution is 0.304. The molecule has 0 spiro atoms. The van der Waals surface area contributed by atoms with E-state index in [9.17, 15) is 4.79 Å². The largest absolute Gasteiger partial charge is 0.497 e. The minimum Gasteiger partial charge on any atom is -0.497 e. The first kappa shape index (κ1) is 24.1. The van der Waals surface area contributed by atoms with Crippen LogP contribution in [0.5, 0.6) is 11.5 Å². The highest BCUT2D eigenvalue weighted by Crippen LogP contribution is 2.28. The van der Waals surface area contributed by atoms with Crippen molar-refractivity contribution in [3.8, 4) is 22.9 Å². The Hall–Kier alpha value is -3.02. The molecule has 0 radical (unpaired) electrons. The average molecular weight is 497 g/mol. The summed E-state index contributed by atoms with van der Waals surface area (Å²) in [4.78, 5) is 18.1. The molecule has 0 aliphatic rings. The highest BCUT2D eigenvalue weighted by Gasteiger charge is 2.13. The zero-order valence-corrected chi connectivity index (χ0v) is 20.5. The van der Waals surface area contributed by atoms with Crippen molar-refractivity contribution < 1.29 is 9.47 Å². The van der Waals surface area contributed by atoms with Crippen LogP contribution in [-0.4, -0.2) is 23.3 Å². The van der Waals surface area contributed by atoms with Crippen molar-refractivity contribution in [1.82, 2.24) is 9.55 Å². The van der Waals surface area contributed by atoms with Crippen molar-refractivity contribution in [1.29, 1.82) is 0 Å². The van der Waals surface area contributed by atoms with Crippen LogP contribution in [0.4, 0.5) is 0 Å². The number of fused-ring (bicyclic) bond motifs is 1. The summed E-state index contributed by atoms with van der Waals surface area (Å²) in [7, 11) is 1.63. The van der Waals surface area contributed by atoms with Gasteiger partial charge in [0.1, 0.15) is 17.3 Å². The molecule has 34 heavy (non-hydrogen) atoms. The Bertz CT molecular complexity index is 1320. The molecule has 4 aromatic rings. The van der Waals surface area contributed by atoms with Crippen LogP contribution in [0.25, 0.3) is 22.3 Å². The van der Waals surface area contributed by atoms with Crippen LogP contribution in [0.3, 0.4) is 0 Å². The Kier molecular flexibility index (Phi) is 8.09. The molecule has 0 unspecified atom stereocenters. The molecule has 0 bridgehead atoms. The molecule has 0 saturated carbocycles. The molecule has 0 aliphatic heterocycles. The van der Waals surface area contributed by atoms with Gasteiger partial charge in [0, 0.05) is 17.1 Å². The summed E-state index contributed by atoms with van der Waals surface area (Å²) in [5.74, 6) is 2.08. The molecule has 4 rings (SSSR count).